The van der Waals surface area contributed by atoms with E-state index in [1.54, 1.807) is 20.8 Å². The molecule has 2 atom stereocenters. The summed E-state index contributed by atoms with van der Waals surface area (Å²) in [6.07, 6.45) is -1.75. The fourth-order valence-electron chi connectivity index (χ4n) is 2.34. The van der Waals surface area contributed by atoms with E-state index < -0.39 is 35.5 Å². The first-order chi connectivity index (χ1) is 10.7. The van der Waals surface area contributed by atoms with Gasteiger partial charge >= 0.3 is 6.09 Å². The van der Waals surface area contributed by atoms with Crippen LogP contribution in [-0.4, -0.2) is 30.1 Å². The Morgan fingerprint density at radius 2 is 2.04 bits per heavy atom. The lowest BCUT2D eigenvalue weighted by Crippen LogP contribution is -2.47. The van der Waals surface area contributed by atoms with Crippen LogP contribution in [0, 0.1) is 11.6 Å². The van der Waals surface area contributed by atoms with Crippen LogP contribution in [0.15, 0.2) is 18.2 Å². The van der Waals surface area contributed by atoms with Crippen LogP contribution in [0.3, 0.4) is 0 Å². The number of halogens is 2. The Balaban J connectivity index is 2.21. The van der Waals surface area contributed by atoms with Crippen LogP contribution < -0.4 is 5.32 Å². The fourth-order valence-corrected chi connectivity index (χ4v) is 2.34. The fraction of sp³-hybridized carbons (Fsp3) is 0.500. The van der Waals surface area contributed by atoms with Crippen molar-refractivity contribution in [3.05, 3.63) is 35.4 Å². The lowest BCUT2D eigenvalue weighted by Gasteiger charge is -2.32. The molecule has 1 heterocycles. The molecule has 0 saturated carbocycles. The SMILES string of the molecule is CC(C)(C)OC(=O)N[C@H]1CC(=O)CO[C@@H]1c1cccc(F)c1F. The number of nitrogens with one attached hydrogen (secondary N) is 1. The van der Waals surface area contributed by atoms with Crippen molar-refractivity contribution in [2.24, 2.45) is 0 Å². The molecule has 126 valence electrons. The number of Topliss-reactive ketones (excluding diaryl/α,β-unsaturated/α-hetero) is 1. The summed E-state index contributed by atoms with van der Waals surface area (Å²) in [7, 11) is 0. The van der Waals surface area contributed by atoms with Gasteiger partial charge in [0.05, 0.1) is 6.04 Å². The van der Waals surface area contributed by atoms with Crippen molar-refractivity contribution in [3.8, 4) is 0 Å². The van der Waals surface area contributed by atoms with Crippen LogP contribution >= 0.6 is 0 Å². The zero-order valence-corrected chi connectivity index (χ0v) is 13.2. The molecule has 0 bridgehead atoms. The van der Waals surface area contributed by atoms with E-state index in [4.69, 9.17) is 9.47 Å². The van der Waals surface area contributed by atoms with E-state index in [-0.39, 0.29) is 24.4 Å². The number of hydrogen-bond acceptors (Lipinski definition) is 4. The van der Waals surface area contributed by atoms with Crippen LogP contribution in [0.4, 0.5) is 13.6 Å². The number of rotatable bonds is 2. The van der Waals surface area contributed by atoms with E-state index in [1.807, 2.05) is 0 Å². The third kappa shape index (κ3) is 4.48. The molecule has 1 N–H and O–H groups in total. The maximum absolute atomic E-state index is 14.0. The Hall–Kier alpha value is -2.02. The molecule has 0 aliphatic carbocycles. The molecule has 23 heavy (non-hydrogen) atoms. The van der Waals surface area contributed by atoms with Crippen molar-refractivity contribution in [2.75, 3.05) is 6.61 Å². The van der Waals surface area contributed by atoms with E-state index in [0.29, 0.717) is 0 Å². The Bertz CT molecular complexity index is 613. The number of benzene rings is 1. The van der Waals surface area contributed by atoms with Gasteiger partial charge in [0.2, 0.25) is 0 Å². The maximum Gasteiger partial charge on any atom is 0.407 e. The van der Waals surface area contributed by atoms with E-state index in [2.05, 4.69) is 5.32 Å². The molecule has 7 heteroatoms. The van der Waals surface area contributed by atoms with Crippen LogP contribution in [0.1, 0.15) is 38.9 Å². The molecule has 1 aromatic rings. The maximum atomic E-state index is 14.0. The van der Waals surface area contributed by atoms with Gasteiger partial charge in [0.25, 0.3) is 0 Å². The highest BCUT2D eigenvalue weighted by atomic mass is 19.2. The molecular formula is C16H19F2NO4. The summed E-state index contributed by atoms with van der Waals surface area (Å²) in [6.45, 7) is 4.86. The van der Waals surface area contributed by atoms with Crippen molar-refractivity contribution in [1.82, 2.24) is 5.32 Å². The normalized spacial score (nSPS) is 21.9. The highest BCUT2D eigenvalue weighted by molar-refractivity contribution is 5.82. The summed E-state index contributed by atoms with van der Waals surface area (Å²) < 4.78 is 37.9. The molecule has 0 aromatic heterocycles. The average Bonchev–Trinajstić information content (AvgIpc) is 2.40. The highest BCUT2D eigenvalue weighted by Crippen LogP contribution is 2.30. The first-order valence-electron chi connectivity index (χ1n) is 7.24. The summed E-state index contributed by atoms with van der Waals surface area (Å²) in [5.74, 6) is -2.30. The van der Waals surface area contributed by atoms with Crippen LogP contribution in [-0.2, 0) is 14.3 Å². The third-order valence-electron chi connectivity index (χ3n) is 3.23. The van der Waals surface area contributed by atoms with Gasteiger partial charge in [-0.15, -0.1) is 0 Å². The largest absolute Gasteiger partial charge is 0.444 e. The molecule has 2 rings (SSSR count). The summed E-state index contributed by atoms with van der Waals surface area (Å²) in [4.78, 5) is 23.5. The molecule has 0 radical (unpaired) electrons. The second kappa shape index (κ2) is 6.62. The number of amides is 1. The quantitative estimate of drug-likeness (QED) is 0.907. The molecule has 0 spiro atoms. The summed E-state index contributed by atoms with van der Waals surface area (Å²) >= 11 is 0. The highest BCUT2D eigenvalue weighted by Gasteiger charge is 2.35. The van der Waals surface area contributed by atoms with Gasteiger partial charge in [-0.1, -0.05) is 12.1 Å². The predicted molar refractivity (Wildman–Crippen MR) is 77.8 cm³/mol. The monoisotopic (exact) mass is 327 g/mol. The number of carbonyl (C=O) groups is 2. The number of ketones is 1. The topological polar surface area (TPSA) is 64.6 Å². The van der Waals surface area contributed by atoms with Gasteiger partial charge < -0.3 is 14.8 Å². The van der Waals surface area contributed by atoms with Gasteiger partial charge in [0, 0.05) is 12.0 Å². The zero-order valence-electron chi connectivity index (χ0n) is 13.2. The average molecular weight is 327 g/mol. The molecule has 1 saturated heterocycles. The molecule has 5 nitrogen and oxygen atoms in total. The third-order valence-corrected chi connectivity index (χ3v) is 3.23. The molecular weight excluding hydrogens is 308 g/mol. The second-order valence-corrected chi connectivity index (χ2v) is 6.37. The Labute approximate surface area is 133 Å². The van der Waals surface area contributed by atoms with Crippen molar-refractivity contribution < 1.29 is 27.8 Å². The summed E-state index contributed by atoms with van der Waals surface area (Å²) in [5.41, 5.74) is -0.762. The molecule has 1 aliphatic heterocycles. The second-order valence-electron chi connectivity index (χ2n) is 6.37. The smallest absolute Gasteiger partial charge is 0.407 e. The van der Waals surface area contributed by atoms with Gasteiger partial charge in [-0.2, -0.15) is 0 Å². The Kier molecular flexibility index (Phi) is 4.99. The van der Waals surface area contributed by atoms with Crippen molar-refractivity contribution in [1.29, 1.82) is 0 Å². The molecule has 0 unspecified atom stereocenters. The number of hydrogen-bond donors (Lipinski definition) is 1. The minimum Gasteiger partial charge on any atom is -0.444 e. The standard InChI is InChI=1S/C16H19F2NO4/c1-16(2,3)23-15(21)19-12-7-9(20)8-22-14(12)10-5-4-6-11(17)13(10)18/h4-6,12,14H,7-8H2,1-3H3,(H,19,21)/t12-,14+/m0/s1. The van der Waals surface area contributed by atoms with E-state index in [9.17, 15) is 18.4 Å². The number of ether oxygens (including phenoxy) is 2. The zero-order chi connectivity index (χ0) is 17.2. The summed E-state index contributed by atoms with van der Waals surface area (Å²) in [5, 5.41) is 2.50. The predicted octanol–water partition coefficient (Wildman–Crippen LogP) is 2.89. The number of alkyl carbamates (subject to hydrolysis) is 1. The Morgan fingerprint density at radius 3 is 2.70 bits per heavy atom. The van der Waals surface area contributed by atoms with Gasteiger partial charge in [-0.3, -0.25) is 4.79 Å². The minimum absolute atomic E-state index is 0.0418. The molecule has 1 amide bonds. The lowest BCUT2D eigenvalue weighted by atomic mass is 9.95. The van der Waals surface area contributed by atoms with Crippen molar-refractivity contribution >= 4 is 11.9 Å². The Morgan fingerprint density at radius 1 is 1.35 bits per heavy atom. The van der Waals surface area contributed by atoms with Crippen molar-refractivity contribution in [3.63, 3.8) is 0 Å². The van der Waals surface area contributed by atoms with Crippen molar-refractivity contribution in [2.45, 2.75) is 44.9 Å². The summed E-state index contributed by atoms with van der Waals surface area (Å²) in [6, 6.07) is 2.87. The first-order valence-corrected chi connectivity index (χ1v) is 7.24. The lowest BCUT2D eigenvalue weighted by molar-refractivity contribution is -0.133. The van der Waals surface area contributed by atoms with Gasteiger partial charge in [-0.05, 0) is 26.8 Å². The van der Waals surface area contributed by atoms with Gasteiger partial charge in [-0.25, -0.2) is 13.6 Å². The molecule has 1 aromatic carbocycles. The van der Waals surface area contributed by atoms with Crippen LogP contribution in [0.2, 0.25) is 0 Å². The van der Waals surface area contributed by atoms with Gasteiger partial charge in [0.15, 0.2) is 17.4 Å². The minimum atomic E-state index is -1.05. The van der Waals surface area contributed by atoms with Crippen LogP contribution in [0.5, 0.6) is 0 Å². The molecule has 1 fully saturated rings. The van der Waals surface area contributed by atoms with E-state index in [0.717, 1.165) is 6.07 Å². The van der Waals surface area contributed by atoms with E-state index in [1.165, 1.54) is 12.1 Å². The van der Waals surface area contributed by atoms with Crippen LogP contribution in [0.25, 0.3) is 0 Å². The number of carbonyl (C=O) groups excluding carboxylic acids is 2. The van der Waals surface area contributed by atoms with E-state index >= 15 is 0 Å². The van der Waals surface area contributed by atoms with Gasteiger partial charge in [0.1, 0.15) is 18.3 Å². The molecule has 1 aliphatic rings. The first kappa shape index (κ1) is 17.3.